The number of hydrogen-bond acceptors (Lipinski definition) is 4. The van der Waals surface area contributed by atoms with Crippen LogP contribution < -0.4 is 5.32 Å². The van der Waals surface area contributed by atoms with Gasteiger partial charge in [-0.25, -0.2) is 8.42 Å². The van der Waals surface area contributed by atoms with Gasteiger partial charge in [-0.3, -0.25) is 0 Å². The lowest BCUT2D eigenvalue weighted by Crippen LogP contribution is -2.40. The van der Waals surface area contributed by atoms with Gasteiger partial charge >= 0.3 is 0 Å². The third-order valence-electron chi connectivity index (χ3n) is 3.50. The molecule has 1 aromatic carbocycles. The van der Waals surface area contributed by atoms with Gasteiger partial charge in [-0.1, -0.05) is 26.0 Å². The maximum atomic E-state index is 12.5. The van der Waals surface area contributed by atoms with Crippen LogP contribution in [0.2, 0.25) is 0 Å². The fourth-order valence-electron chi connectivity index (χ4n) is 2.27. The number of benzene rings is 1. The molecule has 0 bridgehead atoms. The molecule has 1 aliphatic rings. The first-order chi connectivity index (χ1) is 10.00. The van der Waals surface area contributed by atoms with E-state index >= 15 is 0 Å². The zero-order valence-corrected chi connectivity index (χ0v) is 13.5. The van der Waals surface area contributed by atoms with Gasteiger partial charge < -0.3 is 10.1 Å². The second kappa shape index (κ2) is 7.35. The molecule has 1 heterocycles. The quantitative estimate of drug-likeness (QED) is 0.859. The van der Waals surface area contributed by atoms with Crippen molar-refractivity contribution in [2.45, 2.75) is 31.2 Å². The lowest BCUT2D eigenvalue weighted by atomic mass is 10.1. The van der Waals surface area contributed by atoms with Crippen molar-refractivity contribution in [1.82, 2.24) is 9.62 Å². The molecule has 1 N–H and O–H groups in total. The third kappa shape index (κ3) is 4.51. The molecule has 21 heavy (non-hydrogen) atoms. The van der Waals surface area contributed by atoms with Crippen molar-refractivity contribution < 1.29 is 13.2 Å². The smallest absolute Gasteiger partial charge is 0.243 e. The van der Waals surface area contributed by atoms with Crippen LogP contribution in [-0.4, -0.2) is 51.6 Å². The molecule has 0 saturated carbocycles. The van der Waals surface area contributed by atoms with Crippen LogP contribution in [0.1, 0.15) is 19.4 Å². The molecule has 0 unspecified atom stereocenters. The summed E-state index contributed by atoms with van der Waals surface area (Å²) < 4.78 is 31.6. The topological polar surface area (TPSA) is 58.6 Å². The molecule has 118 valence electrons. The Labute approximate surface area is 127 Å². The molecule has 0 amide bonds. The van der Waals surface area contributed by atoms with Crippen molar-refractivity contribution in [3.63, 3.8) is 0 Å². The number of hydrogen-bond donors (Lipinski definition) is 1. The van der Waals surface area contributed by atoms with Gasteiger partial charge in [0, 0.05) is 19.1 Å². The largest absolute Gasteiger partial charge is 0.379 e. The summed E-state index contributed by atoms with van der Waals surface area (Å²) in [5.74, 6) is 0. The summed E-state index contributed by atoms with van der Waals surface area (Å²) >= 11 is 0. The number of morpholine rings is 1. The minimum atomic E-state index is -3.38. The maximum Gasteiger partial charge on any atom is 0.243 e. The second-order valence-corrected chi connectivity index (χ2v) is 7.46. The first kappa shape index (κ1) is 16.4. The lowest BCUT2D eigenvalue weighted by Gasteiger charge is -2.26. The minimum absolute atomic E-state index is 0.366. The van der Waals surface area contributed by atoms with E-state index in [9.17, 15) is 8.42 Å². The molecule has 0 radical (unpaired) electrons. The predicted molar refractivity (Wildman–Crippen MR) is 82.9 cm³/mol. The molecule has 1 fully saturated rings. The first-order valence-electron chi connectivity index (χ1n) is 7.40. The Kier molecular flexibility index (Phi) is 5.75. The molecule has 2 rings (SSSR count). The Bertz CT molecular complexity index is 535. The van der Waals surface area contributed by atoms with Crippen LogP contribution in [0.3, 0.4) is 0 Å². The molecule has 1 aromatic rings. The van der Waals surface area contributed by atoms with Crippen LogP contribution in [0.15, 0.2) is 29.2 Å². The summed E-state index contributed by atoms with van der Waals surface area (Å²) in [6, 6.07) is 7.67. The van der Waals surface area contributed by atoms with E-state index in [4.69, 9.17) is 4.74 Å². The molecule has 6 heteroatoms. The molecule has 5 nitrogen and oxygen atoms in total. The Morgan fingerprint density at radius 1 is 1.19 bits per heavy atom. The second-order valence-electron chi connectivity index (χ2n) is 5.52. The summed E-state index contributed by atoms with van der Waals surface area (Å²) in [4.78, 5) is 0.366. The average Bonchev–Trinajstić information content (AvgIpc) is 2.48. The van der Waals surface area contributed by atoms with Crippen LogP contribution in [0, 0.1) is 0 Å². The van der Waals surface area contributed by atoms with E-state index < -0.39 is 10.0 Å². The van der Waals surface area contributed by atoms with Crippen LogP contribution in [0.4, 0.5) is 0 Å². The van der Waals surface area contributed by atoms with Gasteiger partial charge in [0.1, 0.15) is 0 Å². The number of nitrogens with zero attached hydrogens (tertiary/aromatic N) is 1. The van der Waals surface area contributed by atoms with E-state index in [1.165, 1.54) is 4.31 Å². The molecule has 0 spiro atoms. The fraction of sp³-hybridized carbons (Fsp3) is 0.600. The number of rotatable bonds is 6. The minimum Gasteiger partial charge on any atom is -0.379 e. The Balaban J connectivity index is 2.00. The van der Waals surface area contributed by atoms with Crippen LogP contribution in [-0.2, 0) is 21.2 Å². The molecule has 0 atom stereocenters. The van der Waals surface area contributed by atoms with Crippen molar-refractivity contribution in [3.05, 3.63) is 29.8 Å². The van der Waals surface area contributed by atoms with E-state index in [0.717, 1.165) is 18.5 Å². The van der Waals surface area contributed by atoms with Crippen LogP contribution in [0.25, 0.3) is 0 Å². The summed E-state index contributed by atoms with van der Waals surface area (Å²) in [5, 5.41) is 3.35. The first-order valence-corrected chi connectivity index (χ1v) is 8.84. The zero-order chi connectivity index (χ0) is 15.3. The van der Waals surface area contributed by atoms with E-state index in [2.05, 4.69) is 19.2 Å². The highest BCUT2D eigenvalue weighted by Crippen LogP contribution is 2.17. The van der Waals surface area contributed by atoms with Gasteiger partial charge in [-0.05, 0) is 30.7 Å². The third-order valence-corrected chi connectivity index (χ3v) is 5.41. The van der Waals surface area contributed by atoms with Crippen molar-refractivity contribution in [2.75, 3.05) is 32.8 Å². The maximum absolute atomic E-state index is 12.5. The summed E-state index contributed by atoms with van der Waals surface area (Å²) in [7, 11) is -3.38. The zero-order valence-electron chi connectivity index (χ0n) is 12.7. The molecule has 0 aromatic heterocycles. The Morgan fingerprint density at radius 2 is 1.81 bits per heavy atom. The molecule has 1 aliphatic heterocycles. The van der Waals surface area contributed by atoms with E-state index in [-0.39, 0.29) is 0 Å². The predicted octanol–water partition coefficient (Wildman–Crippen LogP) is 1.25. The molecular formula is C15H24N2O3S. The number of nitrogens with one attached hydrogen (secondary N) is 1. The van der Waals surface area contributed by atoms with Crippen molar-refractivity contribution >= 4 is 10.0 Å². The highest BCUT2D eigenvalue weighted by molar-refractivity contribution is 7.89. The number of ether oxygens (including phenoxy) is 1. The standard InChI is InChI=1S/C15H24N2O3S/c1-13(2)16-8-7-14-3-5-15(6-4-14)21(18,19)17-9-11-20-12-10-17/h3-6,13,16H,7-12H2,1-2H3. The average molecular weight is 312 g/mol. The molecule has 0 aliphatic carbocycles. The van der Waals surface area contributed by atoms with Gasteiger partial charge in [0.2, 0.25) is 10.0 Å². The molecular weight excluding hydrogens is 288 g/mol. The van der Waals surface area contributed by atoms with E-state index in [0.29, 0.717) is 37.2 Å². The lowest BCUT2D eigenvalue weighted by molar-refractivity contribution is 0.0730. The van der Waals surface area contributed by atoms with E-state index in [1.807, 2.05) is 12.1 Å². The van der Waals surface area contributed by atoms with Gasteiger partial charge in [0.25, 0.3) is 0 Å². The van der Waals surface area contributed by atoms with Gasteiger partial charge in [0.05, 0.1) is 18.1 Å². The van der Waals surface area contributed by atoms with Crippen molar-refractivity contribution in [2.24, 2.45) is 0 Å². The summed E-state index contributed by atoms with van der Waals surface area (Å²) in [5.41, 5.74) is 1.14. The van der Waals surface area contributed by atoms with Gasteiger partial charge in [-0.15, -0.1) is 0 Å². The monoisotopic (exact) mass is 312 g/mol. The van der Waals surface area contributed by atoms with Crippen LogP contribution >= 0.6 is 0 Å². The highest BCUT2D eigenvalue weighted by atomic mass is 32.2. The van der Waals surface area contributed by atoms with Crippen LogP contribution in [0.5, 0.6) is 0 Å². The fourth-order valence-corrected chi connectivity index (χ4v) is 3.68. The van der Waals surface area contributed by atoms with Crippen molar-refractivity contribution in [3.8, 4) is 0 Å². The Morgan fingerprint density at radius 3 is 2.38 bits per heavy atom. The SMILES string of the molecule is CC(C)NCCc1ccc(S(=O)(=O)N2CCOCC2)cc1. The normalized spacial score (nSPS) is 17.3. The number of sulfonamides is 1. The van der Waals surface area contributed by atoms with Crippen molar-refractivity contribution in [1.29, 1.82) is 0 Å². The highest BCUT2D eigenvalue weighted by Gasteiger charge is 2.25. The molecule has 1 saturated heterocycles. The van der Waals surface area contributed by atoms with Gasteiger partial charge in [0.15, 0.2) is 0 Å². The van der Waals surface area contributed by atoms with E-state index in [1.54, 1.807) is 12.1 Å². The Hall–Kier alpha value is -0.950. The van der Waals surface area contributed by atoms with Gasteiger partial charge in [-0.2, -0.15) is 4.31 Å². The summed E-state index contributed by atoms with van der Waals surface area (Å²) in [6.45, 7) is 6.92. The summed E-state index contributed by atoms with van der Waals surface area (Å²) in [6.07, 6.45) is 0.899.